The number of fused-ring (bicyclic) bond motifs is 1. The number of esters is 1. The second-order valence-corrected chi connectivity index (χ2v) is 6.32. The fourth-order valence-electron chi connectivity index (χ4n) is 2.65. The molecule has 0 spiro atoms. The predicted molar refractivity (Wildman–Crippen MR) is 108 cm³/mol. The molecule has 142 valence electrons. The second kappa shape index (κ2) is 7.92. The van der Waals surface area contributed by atoms with Crippen LogP contribution in [0.5, 0.6) is 11.5 Å². The smallest absolute Gasteiger partial charge is 0.338 e. The summed E-state index contributed by atoms with van der Waals surface area (Å²) >= 11 is 0. The van der Waals surface area contributed by atoms with E-state index in [4.69, 9.17) is 9.47 Å². The minimum atomic E-state index is -0.512. The van der Waals surface area contributed by atoms with Gasteiger partial charge in [-0.2, -0.15) is 0 Å². The quantitative estimate of drug-likeness (QED) is 0.529. The third-order valence-electron chi connectivity index (χ3n) is 4.03. The molecule has 6 heteroatoms. The minimum absolute atomic E-state index is 0.139. The zero-order valence-electron chi connectivity index (χ0n) is 15.9. The van der Waals surface area contributed by atoms with Crippen molar-refractivity contribution < 1.29 is 19.1 Å². The van der Waals surface area contributed by atoms with Crippen molar-refractivity contribution in [1.29, 1.82) is 0 Å². The summed E-state index contributed by atoms with van der Waals surface area (Å²) in [5.74, 6) is 0.356. The Kier molecular flexibility index (Phi) is 5.40. The number of rotatable bonds is 5. The van der Waals surface area contributed by atoms with E-state index < -0.39 is 5.97 Å². The number of nitrogens with zero attached hydrogens (tertiary/aromatic N) is 1. The molecule has 0 aliphatic carbocycles. The lowest BCUT2D eigenvalue weighted by Gasteiger charge is -2.12. The first-order chi connectivity index (χ1) is 13.4. The molecule has 0 aliphatic rings. The van der Waals surface area contributed by atoms with Crippen LogP contribution in [0.1, 0.15) is 13.8 Å². The molecule has 3 aromatic rings. The molecule has 0 atom stereocenters. The number of hydrogen-bond donors (Lipinski definition) is 1. The number of carbonyl (C=O) groups excluding carboxylic acids is 2. The molecule has 28 heavy (non-hydrogen) atoms. The van der Waals surface area contributed by atoms with Gasteiger partial charge in [0.25, 0.3) is 0 Å². The van der Waals surface area contributed by atoms with Crippen molar-refractivity contribution in [3.63, 3.8) is 0 Å². The Hall–Kier alpha value is -3.67. The molecule has 1 heterocycles. The first-order valence-electron chi connectivity index (χ1n) is 8.62. The number of benzene rings is 2. The zero-order valence-corrected chi connectivity index (χ0v) is 15.9. The number of ether oxygens (including phenoxy) is 2. The van der Waals surface area contributed by atoms with E-state index in [0.29, 0.717) is 39.4 Å². The largest absolute Gasteiger partial charge is 0.497 e. The van der Waals surface area contributed by atoms with Crippen molar-refractivity contribution >= 4 is 28.5 Å². The standard InChI is InChI=1S/C22H20N2O4/c1-13(2)22(26)28-21-12-20(15-5-7-16(8-6-15)23-14(3)25)24-19-10-9-17(27-4)11-18(19)21/h5-12H,1H2,2-4H3,(H,23,25). The number of anilines is 1. The van der Waals surface area contributed by atoms with Crippen LogP contribution in [0.15, 0.2) is 60.7 Å². The molecule has 1 N–H and O–H groups in total. The van der Waals surface area contributed by atoms with Crippen LogP contribution in [0.2, 0.25) is 0 Å². The lowest BCUT2D eigenvalue weighted by molar-refractivity contribution is -0.130. The Morgan fingerprint density at radius 3 is 2.36 bits per heavy atom. The van der Waals surface area contributed by atoms with E-state index in [1.807, 2.05) is 12.1 Å². The number of methoxy groups -OCH3 is 1. The molecule has 1 aromatic heterocycles. The Balaban J connectivity index is 2.09. The summed E-state index contributed by atoms with van der Waals surface area (Å²) in [5.41, 5.74) is 3.11. The molecule has 0 fully saturated rings. The van der Waals surface area contributed by atoms with Gasteiger partial charge in [0, 0.05) is 35.2 Å². The molecule has 1 amide bonds. The zero-order chi connectivity index (χ0) is 20.3. The molecule has 6 nitrogen and oxygen atoms in total. The van der Waals surface area contributed by atoms with Crippen LogP contribution in [-0.2, 0) is 9.59 Å². The Morgan fingerprint density at radius 2 is 1.75 bits per heavy atom. The molecule has 0 saturated carbocycles. The van der Waals surface area contributed by atoms with Crippen LogP contribution in [0.4, 0.5) is 5.69 Å². The van der Waals surface area contributed by atoms with Gasteiger partial charge in [-0.15, -0.1) is 0 Å². The molecule has 0 bridgehead atoms. The van der Waals surface area contributed by atoms with Gasteiger partial charge in [0.2, 0.25) is 5.91 Å². The van der Waals surface area contributed by atoms with E-state index >= 15 is 0 Å². The summed E-state index contributed by atoms with van der Waals surface area (Å²) in [6.07, 6.45) is 0. The first-order valence-corrected chi connectivity index (χ1v) is 8.62. The van der Waals surface area contributed by atoms with Gasteiger partial charge < -0.3 is 14.8 Å². The van der Waals surface area contributed by atoms with Gasteiger partial charge in [-0.3, -0.25) is 4.79 Å². The van der Waals surface area contributed by atoms with Crippen molar-refractivity contribution in [2.45, 2.75) is 13.8 Å². The molecule has 0 unspecified atom stereocenters. The number of nitrogens with one attached hydrogen (secondary N) is 1. The Bertz CT molecular complexity index is 1070. The van der Waals surface area contributed by atoms with Crippen molar-refractivity contribution in [2.75, 3.05) is 12.4 Å². The highest BCUT2D eigenvalue weighted by molar-refractivity contribution is 5.95. The molecule has 0 aliphatic heterocycles. The van der Waals surface area contributed by atoms with Crippen LogP contribution in [0, 0.1) is 0 Å². The number of carbonyl (C=O) groups is 2. The Labute approximate surface area is 162 Å². The van der Waals surface area contributed by atoms with Crippen molar-refractivity contribution in [3.8, 4) is 22.8 Å². The number of pyridine rings is 1. The molecule has 0 saturated heterocycles. The van der Waals surface area contributed by atoms with E-state index in [1.54, 1.807) is 50.4 Å². The maximum atomic E-state index is 12.1. The fourth-order valence-corrected chi connectivity index (χ4v) is 2.65. The lowest BCUT2D eigenvalue weighted by atomic mass is 10.1. The van der Waals surface area contributed by atoms with Crippen LogP contribution in [0.25, 0.3) is 22.2 Å². The number of amides is 1. The summed E-state index contributed by atoms with van der Waals surface area (Å²) in [6, 6.07) is 14.3. The minimum Gasteiger partial charge on any atom is -0.497 e. The van der Waals surface area contributed by atoms with Gasteiger partial charge in [0.15, 0.2) is 0 Å². The average Bonchev–Trinajstić information content (AvgIpc) is 2.67. The lowest BCUT2D eigenvalue weighted by Crippen LogP contribution is -2.09. The van der Waals surface area contributed by atoms with E-state index in [-0.39, 0.29) is 5.91 Å². The maximum absolute atomic E-state index is 12.1. The molecule has 0 radical (unpaired) electrons. The van der Waals surface area contributed by atoms with Crippen molar-refractivity contribution in [2.24, 2.45) is 0 Å². The monoisotopic (exact) mass is 376 g/mol. The number of hydrogen-bond acceptors (Lipinski definition) is 5. The van der Waals surface area contributed by atoms with Crippen molar-refractivity contribution in [1.82, 2.24) is 4.98 Å². The van der Waals surface area contributed by atoms with E-state index in [1.165, 1.54) is 6.92 Å². The van der Waals surface area contributed by atoms with Gasteiger partial charge >= 0.3 is 5.97 Å². The molecular weight excluding hydrogens is 356 g/mol. The maximum Gasteiger partial charge on any atom is 0.338 e. The molecule has 3 rings (SSSR count). The highest BCUT2D eigenvalue weighted by Gasteiger charge is 2.14. The van der Waals surface area contributed by atoms with Crippen LogP contribution in [0.3, 0.4) is 0 Å². The molecule has 2 aromatic carbocycles. The van der Waals surface area contributed by atoms with E-state index in [9.17, 15) is 9.59 Å². The summed E-state index contributed by atoms with van der Waals surface area (Å²) < 4.78 is 10.8. The van der Waals surface area contributed by atoms with Crippen LogP contribution < -0.4 is 14.8 Å². The predicted octanol–water partition coefficient (Wildman–Crippen LogP) is 4.35. The third kappa shape index (κ3) is 4.17. The third-order valence-corrected chi connectivity index (χ3v) is 4.03. The molecular formula is C22H20N2O4. The van der Waals surface area contributed by atoms with E-state index in [2.05, 4.69) is 16.9 Å². The summed E-state index contributed by atoms with van der Waals surface area (Å²) in [7, 11) is 1.57. The fraction of sp³-hybridized carbons (Fsp3) is 0.136. The summed E-state index contributed by atoms with van der Waals surface area (Å²) in [5, 5.41) is 3.38. The van der Waals surface area contributed by atoms with Gasteiger partial charge in [-0.1, -0.05) is 18.7 Å². The highest BCUT2D eigenvalue weighted by Crippen LogP contribution is 2.33. The van der Waals surface area contributed by atoms with E-state index in [0.717, 1.165) is 5.56 Å². The average molecular weight is 376 g/mol. The normalized spacial score (nSPS) is 10.4. The number of aromatic nitrogens is 1. The van der Waals surface area contributed by atoms with Gasteiger partial charge in [-0.25, -0.2) is 9.78 Å². The van der Waals surface area contributed by atoms with Crippen LogP contribution in [-0.4, -0.2) is 24.0 Å². The Morgan fingerprint density at radius 1 is 1.04 bits per heavy atom. The highest BCUT2D eigenvalue weighted by atomic mass is 16.5. The van der Waals surface area contributed by atoms with Gasteiger partial charge in [0.1, 0.15) is 11.5 Å². The topological polar surface area (TPSA) is 77.5 Å². The SMILES string of the molecule is C=C(C)C(=O)Oc1cc(-c2ccc(NC(C)=O)cc2)nc2ccc(OC)cc12. The summed E-state index contributed by atoms with van der Waals surface area (Å²) in [4.78, 5) is 27.9. The first kappa shape index (κ1) is 19.1. The van der Waals surface area contributed by atoms with Gasteiger partial charge in [0.05, 0.1) is 18.3 Å². The van der Waals surface area contributed by atoms with Crippen LogP contribution >= 0.6 is 0 Å². The second-order valence-electron chi connectivity index (χ2n) is 6.32. The van der Waals surface area contributed by atoms with Crippen molar-refractivity contribution in [3.05, 3.63) is 60.7 Å². The van der Waals surface area contributed by atoms with Gasteiger partial charge in [-0.05, 0) is 37.3 Å². The summed E-state index contributed by atoms with van der Waals surface area (Å²) in [6.45, 7) is 6.67.